The van der Waals surface area contributed by atoms with Gasteiger partial charge in [-0.3, -0.25) is 14.9 Å². The number of rotatable bonds is 5. The molecule has 2 aromatic heterocycles. The second-order valence-electron chi connectivity index (χ2n) is 5.09. The molecule has 0 spiro atoms. The minimum absolute atomic E-state index is 0.0343. The summed E-state index contributed by atoms with van der Waals surface area (Å²) < 4.78 is 0. The van der Waals surface area contributed by atoms with E-state index in [0.29, 0.717) is 13.0 Å². The lowest BCUT2D eigenvalue weighted by Crippen LogP contribution is -2.16. The number of aryl methyl sites for hydroxylation is 1. The van der Waals surface area contributed by atoms with Gasteiger partial charge in [0.25, 0.3) is 0 Å². The van der Waals surface area contributed by atoms with Crippen LogP contribution < -0.4 is 10.6 Å². The predicted molar refractivity (Wildman–Crippen MR) is 86.8 cm³/mol. The number of fused-ring (bicyclic) bond motifs is 1. The first-order chi connectivity index (χ1) is 10.7. The summed E-state index contributed by atoms with van der Waals surface area (Å²) in [5, 5.41) is 14.0. The molecule has 1 aromatic carbocycles. The zero-order valence-corrected chi connectivity index (χ0v) is 12.3. The molecular formula is C16H17N5O. The fraction of sp³-hybridized carbons (Fsp3) is 0.188. The highest BCUT2D eigenvalue weighted by Crippen LogP contribution is 2.16. The van der Waals surface area contributed by atoms with Gasteiger partial charge in [0, 0.05) is 30.2 Å². The maximum absolute atomic E-state index is 11.9. The van der Waals surface area contributed by atoms with Crippen molar-refractivity contribution in [1.82, 2.24) is 15.2 Å². The largest absolute Gasteiger partial charge is 0.385 e. The minimum Gasteiger partial charge on any atom is -0.385 e. The third-order valence-electron chi connectivity index (χ3n) is 3.43. The number of anilines is 2. The first kappa shape index (κ1) is 14.1. The molecule has 0 saturated heterocycles. The van der Waals surface area contributed by atoms with Crippen LogP contribution in [0.1, 0.15) is 12.0 Å². The van der Waals surface area contributed by atoms with Crippen LogP contribution in [-0.4, -0.2) is 27.6 Å². The smallest absolute Gasteiger partial charge is 0.226 e. The van der Waals surface area contributed by atoms with E-state index >= 15 is 0 Å². The lowest BCUT2D eigenvalue weighted by atomic mass is 10.2. The average molecular weight is 295 g/mol. The van der Waals surface area contributed by atoms with Gasteiger partial charge >= 0.3 is 0 Å². The summed E-state index contributed by atoms with van der Waals surface area (Å²) in [7, 11) is 0. The fourth-order valence-corrected chi connectivity index (χ4v) is 2.18. The third kappa shape index (κ3) is 3.22. The highest BCUT2D eigenvalue weighted by atomic mass is 16.1. The quantitative estimate of drug-likeness (QED) is 0.676. The monoisotopic (exact) mass is 295 g/mol. The van der Waals surface area contributed by atoms with Crippen molar-refractivity contribution < 1.29 is 4.79 Å². The van der Waals surface area contributed by atoms with Crippen LogP contribution in [0, 0.1) is 6.92 Å². The molecule has 22 heavy (non-hydrogen) atoms. The van der Waals surface area contributed by atoms with E-state index in [0.717, 1.165) is 27.8 Å². The molecule has 0 aliphatic heterocycles. The average Bonchev–Trinajstić information content (AvgIpc) is 2.97. The van der Waals surface area contributed by atoms with Gasteiger partial charge in [-0.15, -0.1) is 0 Å². The number of benzene rings is 1. The number of carbonyl (C=O) groups is 1. The van der Waals surface area contributed by atoms with E-state index in [9.17, 15) is 4.79 Å². The molecule has 0 aliphatic carbocycles. The van der Waals surface area contributed by atoms with E-state index in [1.807, 2.05) is 31.2 Å². The number of hydrogen-bond acceptors (Lipinski definition) is 4. The number of pyridine rings is 1. The molecule has 6 nitrogen and oxygen atoms in total. The molecule has 3 aromatic rings. The van der Waals surface area contributed by atoms with Crippen LogP contribution in [0.15, 0.2) is 42.9 Å². The number of nitrogens with zero attached hydrogens (tertiary/aromatic N) is 2. The predicted octanol–water partition coefficient (Wildman–Crippen LogP) is 2.71. The van der Waals surface area contributed by atoms with Crippen LogP contribution in [0.5, 0.6) is 0 Å². The SMILES string of the molecule is Cc1ccncc1NC(=O)CCNc1ccc2[nH]ncc2c1. The van der Waals surface area contributed by atoms with Crippen molar-refractivity contribution >= 4 is 28.2 Å². The summed E-state index contributed by atoms with van der Waals surface area (Å²) in [5.41, 5.74) is 3.73. The van der Waals surface area contributed by atoms with E-state index in [-0.39, 0.29) is 5.91 Å². The van der Waals surface area contributed by atoms with Crippen LogP contribution in [0.25, 0.3) is 10.9 Å². The molecule has 0 radical (unpaired) electrons. The van der Waals surface area contributed by atoms with Gasteiger partial charge in [-0.1, -0.05) is 0 Å². The number of amides is 1. The minimum atomic E-state index is -0.0343. The van der Waals surface area contributed by atoms with Crippen LogP contribution >= 0.6 is 0 Å². The van der Waals surface area contributed by atoms with Crippen molar-refractivity contribution in [1.29, 1.82) is 0 Å². The zero-order valence-electron chi connectivity index (χ0n) is 12.3. The van der Waals surface area contributed by atoms with Crippen molar-refractivity contribution in [2.45, 2.75) is 13.3 Å². The summed E-state index contributed by atoms with van der Waals surface area (Å²) in [6.07, 6.45) is 5.53. The molecule has 0 unspecified atom stereocenters. The molecule has 0 fully saturated rings. The Hall–Kier alpha value is -2.89. The van der Waals surface area contributed by atoms with Crippen molar-refractivity contribution in [2.75, 3.05) is 17.2 Å². The molecule has 0 aliphatic rings. The molecule has 0 bridgehead atoms. The number of carbonyl (C=O) groups excluding carboxylic acids is 1. The van der Waals surface area contributed by atoms with Crippen LogP contribution in [0.2, 0.25) is 0 Å². The lowest BCUT2D eigenvalue weighted by molar-refractivity contribution is -0.115. The first-order valence-corrected chi connectivity index (χ1v) is 7.10. The molecule has 6 heteroatoms. The summed E-state index contributed by atoms with van der Waals surface area (Å²) in [6.45, 7) is 2.50. The second-order valence-corrected chi connectivity index (χ2v) is 5.09. The molecule has 3 rings (SSSR count). The number of aromatic nitrogens is 3. The summed E-state index contributed by atoms with van der Waals surface area (Å²) in [6, 6.07) is 7.80. The van der Waals surface area contributed by atoms with Gasteiger partial charge in [0.2, 0.25) is 5.91 Å². The summed E-state index contributed by atoms with van der Waals surface area (Å²) in [4.78, 5) is 15.9. The molecular weight excluding hydrogens is 278 g/mol. The van der Waals surface area contributed by atoms with E-state index < -0.39 is 0 Å². The Balaban J connectivity index is 1.52. The number of H-pyrrole nitrogens is 1. The van der Waals surface area contributed by atoms with Crippen molar-refractivity contribution in [2.24, 2.45) is 0 Å². The first-order valence-electron chi connectivity index (χ1n) is 7.10. The zero-order chi connectivity index (χ0) is 15.4. The highest BCUT2D eigenvalue weighted by Gasteiger charge is 2.05. The Morgan fingerprint density at radius 1 is 1.27 bits per heavy atom. The molecule has 3 N–H and O–H groups in total. The molecule has 2 heterocycles. The number of nitrogens with one attached hydrogen (secondary N) is 3. The normalized spacial score (nSPS) is 10.6. The fourth-order valence-electron chi connectivity index (χ4n) is 2.18. The van der Waals surface area contributed by atoms with E-state index in [1.165, 1.54) is 0 Å². The van der Waals surface area contributed by atoms with Gasteiger partial charge in [-0.2, -0.15) is 5.10 Å². The Bertz CT molecular complexity index is 796. The Morgan fingerprint density at radius 3 is 3.05 bits per heavy atom. The van der Waals surface area contributed by atoms with Crippen LogP contribution in [-0.2, 0) is 4.79 Å². The third-order valence-corrected chi connectivity index (χ3v) is 3.43. The van der Waals surface area contributed by atoms with Crippen LogP contribution in [0.3, 0.4) is 0 Å². The van der Waals surface area contributed by atoms with E-state index in [2.05, 4.69) is 25.8 Å². The number of aromatic amines is 1. The van der Waals surface area contributed by atoms with Gasteiger partial charge < -0.3 is 10.6 Å². The summed E-state index contributed by atoms with van der Waals surface area (Å²) >= 11 is 0. The molecule has 112 valence electrons. The maximum Gasteiger partial charge on any atom is 0.226 e. The molecule has 0 atom stereocenters. The summed E-state index contributed by atoms with van der Waals surface area (Å²) in [5.74, 6) is -0.0343. The lowest BCUT2D eigenvalue weighted by Gasteiger charge is -2.09. The standard InChI is InChI=1S/C16H17N5O/c1-11-4-6-17-10-15(11)20-16(22)5-7-18-13-2-3-14-12(8-13)9-19-21-14/h2-4,6,8-10,18H,5,7H2,1H3,(H,19,21)(H,20,22). The highest BCUT2D eigenvalue weighted by molar-refractivity contribution is 5.91. The van der Waals surface area contributed by atoms with Gasteiger partial charge in [-0.25, -0.2) is 0 Å². The van der Waals surface area contributed by atoms with Crippen LogP contribution in [0.4, 0.5) is 11.4 Å². The van der Waals surface area contributed by atoms with Gasteiger partial charge in [0.1, 0.15) is 0 Å². The van der Waals surface area contributed by atoms with E-state index in [4.69, 9.17) is 0 Å². The maximum atomic E-state index is 11.9. The van der Waals surface area contributed by atoms with Crippen molar-refractivity contribution in [3.63, 3.8) is 0 Å². The Labute approximate surface area is 128 Å². The number of hydrogen-bond donors (Lipinski definition) is 3. The van der Waals surface area contributed by atoms with Crippen molar-refractivity contribution in [3.8, 4) is 0 Å². The van der Waals surface area contributed by atoms with Crippen molar-refractivity contribution in [3.05, 3.63) is 48.4 Å². The van der Waals surface area contributed by atoms with Gasteiger partial charge in [-0.05, 0) is 36.8 Å². The molecule has 1 amide bonds. The Morgan fingerprint density at radius 2 is 2.18 bits per heavy atom. The second kappa shape index (κ2) is 6.26. The van der Waals surface area contributed by atoms with E-state index in [1.54, 1.807) is 18.6 Å². The van der Waals surface area contributed by atoms with Gasteiger partial charge in [0.15, 0.2) is 0 Å². The Kier molecular flexibility index (Phi) is 4.00. The van der Waals surface area contributed by atoms with Gasteiger partial charge in [0.05, 0.1) is 23.6 Å². The topological polar surface area (TPSA) is 82.7 Å². The molecule has 0 saturated carbocycles.